The molecule has 1 aromatic rings. The van der Waals surface area contributed by atoms with Crippen molar-refractivity contribution in [3.05, 3.63) is 28.4 Å². The fourth-order valence-electron chi connectivity index (χ4n) is 4.64. The van der Waals surface area contributed by atoms with Crippen LogP contribution >= 0.6 is 0 Å². The van der Waals surface area contributed by atoms with Gasteiger partial charge in [-0.3, -0.25) is 9.36 Å². The third kappa shape index (κ3) is 9.83. The molecule has 0 spiro atoms. The molecule has 2 heterocycles. The number of carbonyl (C=O) groups is 1. The van der Waals surface area contributed by atoms with E-state index in [-0.39, 0.29) is 12.2 Å². The normalized spacial score (nSPS) is 21.8. The van der Waals surface area contributed by atoms with E-state index in [2.05, 4.69) is 11.9 Å². The molecule has 1 fully saturated rings. The van der Waals surface area contributed by atoms with E-state index in [4.69, 9.17) is 4.74 Å². The van der Waals surface area contributed by atoms with Crippen LogP contribution in [0.3, 0.4) is 0 Å². The largest absolute Gasteiger partial charge is 0.394 e. The molecule has 0 saturated carbocycles. The zero-order chi connectivity index (χ0) is 25.5. The van der Waals surface area contributed by atoms with Crippen LogP contribution in [0.4, 0.5) is 0 Å². The van der Waals surface area contributed by atoms with Crippen molar-refractivity contribution in [2.24, 2.45) is 5.92 Å². The van der Waals surface area contributed by atoms with Crippen molar-refractivity contribution in [1.82, 2.24) is 9.55 Å². The van der Waals surface area contributed by atoms with Gasteiger partial charge in [0.1, 0.15) is 23.9 Å². The highest BCUT2D eigenvalue weighted by Gasteiger charge is 2.45. The second-order valence-corrected chi connectivity index (χ2v) is 9.71. The van der Waals surface area contributed by atoms with E-state index in [0.29, 0.717) is 12.1 Å². The van der Waals surface area contributed by atoms with Gasteiger partial charge in [-0.25, -0.2) is 4.79 Å². The molecule has 1 aliphatic rings. The molecule has 8 nitrogen and oxygen atoms in total. The van der Waals surface area contributed by atoms with Gasteiger partial charge in [-0.2, -0.15) is 10.2 Å². The van der Waals surface area contributed by atoms with Gasteiger partial charge >= 0.3 is 5.69 Å². The highest BCUT2D eigenvalue weighted by atomic mass is 16.5. The molecule has 4 atom stereocenters. The lowest BCUT2D eigenvalue weighted by molar-refractivity contribution is -0.118. The van der Waals surface area contributed by atoms with Crippen molar-refractivity contribution in [3.63, 3.8) is 0 Å². The highest BCUT2D eigenvalue weighted by Crippen LogP contribution is 2.33. The van der Waals surface area contributed by atoms with Crippen LogP contribution in [0.15, 0.2) is 17.1 Å². The van der Waals surface area contributed by atoms with Crippen molar-refractivity contribution in [1.29, 1.82) is 5.26 Å². The Bertz CT molecular complexity index is 850. The molecule has 8 heteroatoms. The minimum Gasteiger partial charge on any atom is -0.394 e. The Morgan fingerprint density at radius 2 is 1.63 bits per heavy atom. The molecular weight excluding hydrogens is 446 g/mol. The summed E-state index contributed by atoms with van der Waals surface area (Å²) in [7, 11) is 0. The van der Waals surface area contributed by atoms with E-state index in [0.717, 1.165) is 23.8 Å². The minimum absolute atomic E-state index is 0.0560. The van der Waals surface area contributed by atoms with Crippen LogP contribution in [-0.4, -0.2) is 44.4 Å². The van der Waals surface area contributed by atoms with Crippen LogP contribution < -0.4 is 5.69 Å². The maximum atomic E-state index is 12.5. The first kappa shape index (κ1) is 29.2. The summed E-state index contributed by atoms with van der Waals surface area (Å²) in [5.74, 6) is -0.935. The first-order chi connectivity index (χ1) is 17.0. The smallest absolute Gasteiger partial charge is 0.349 e. The number of nitriles is 1. The number of aromatic nitrogens is 2. The molecule has 196 valence electrons. The first-order valence-corrected chi connectivity index (χ1v) is 13.5. The summed E-state index contributed by atoms with van der Waals surface area (Å²) in [6, 6.07) is 3.50. The molecule has 1 aliphatic heterocycles. The molecular formula is C27H43N3O5. The molecule has 0 radical (unpaired) electrons. The number of ether oxygens (including phenoxy) is 1. The molecule has 2 N–H and O–H groups in total. The molecule has 35 heavy (non-hydrogen) atoms. The number of unbranched alkanes of at least 4 members (excludes halogenated alkanes) is 12. The molecule has 2 rings (SSSR count). The van der Waals surface area contributed by atoms with Crippen molar-refractivity contribution >= 4 is 5.78 Å². The number of rotatable bonds is 18. The molecule has 0 aromatic carbocycles. The van der Waals surface area contributed by atoms with Gasteiger partial charge < -0.3 is 14.9 Å². The van der Waals surface area contributed by atoms with E-state index < -0.39 is 36.7 Å². The minimum atomic E-state index is -1.19. The lowest BCUT2D eigenvalue weighted by Crippen LogP contribution is -2.32. The summed E-state index contributed by atoms with van der Waals surface area (Å²) >= 11 is 0. The Hall–Kier alpha value is -2.08. The van der Waals surface area contributed by atoms with Gasteiger partial charge in [0, 0.05) is 19.0 Å². The molecule has 0 bridgehead atoms. The van der Waals surface area contributed by atoms with Gasteiger partial charge in [0.25, 0.3) is 0 Å². The van der Waals surface area contributed by atoms with Crippen LogP contribution in [0.1, 0.15) is 109 Å². The van der Waals surface area contributed by atoms with Gasteiger partial charge in [-0.05, 0) is 12.5 Å². The molecule has 1 aromatic heterocycles. The maximum absolute atomic E-state index is 12.5. The van der Waals surface area contributed by atoms with Gasteiger partial charge in [-0.15, -0.1) is 0 Å². The van der Waals surface area contributed by atoms with Crippen LogP contribution in [0, 0.1) is 17.2 Å². The van der Waals surface area contributed by atoms with Crippen LogP contribution in [0.2, 0.25) is 0 Å². The van der Waals surface area contributed by atoms with Crippen LogP contribution in [0.5, 0.6) is 0 Å². The van der Waals surface area contributed by atoms with E-state index >= 15 is 0 Å². The Balaban J connectivity index is 1.62. The summed E-state index contributed by atoms with van der Waals surface area (Å²) in [6.45, 7) is 1.79. The number of hydrogen-bond acceptors (Lipinski definition) is 7. The summed E-state index contributed by atoms with van der Waals surface area (Å²) in [4.78, 5) is 28.7. The SMILES string of the molecule is CCCCCCCCCCCCCCCC(=O)Cc1ccn([C@@H]2O[C@H](CO)[C@@H](O)[C@@H]2C#N)c(=O)n1. The topological polar surface area (TPSA) is 125 Å². The van der Waals surface area contributed by atoms with E-state index in [1.54, 1.807) is 6.07 Å². The summed E-state index contributed by atoms with van der Waals surface area (Å²) in [5.41, 5.74) is -0.260. The second kappa shape index (κ2) is 16.6. The number of carbonyl (C=O) groups excluding carboxylic acids is 1. The quantitative estimate of drug-likeness (QED) is 0.296. The van der Waals surface area contributed by atoms with Crippen molar-refractivity contribution in [2.45, 2.75) is 122 Å². The first-order valence-electron chi connectivity index (χ1n) is 13.5. The summed E-state index contributed by atoms with van der Waals surface area (Å²) < 4.78 is 6.61. The van der Waals surface area contributed by atoms with Crippen LogP contribution in [0.25, 0.3) is 0 Å². The van der Waals surface area contributed by atoms with E-state index in [1.807, 2.05) is 6.07 Å². The maximum Gasteiger partial charge on any atom is 0.349 e. The number of nitrogens with zero attached hydrogens (tertiary/aromatic N) is 3. The van der Waals surface area contributed by atoms with Crippen molar-refractivity contribution < 1.29 is 19.7 Å². The lowest BCUT2D eigenvalue weighted by Gasteiger charge is -2.16. The Morgan fingerprint density at radius 3 is 2.14 bits per heavy atom. The standard InChI is InChI=1S/C27H43N3O5/c1-2-3-4-5-6-7-8-9-10-11-12-13-14-15-22(32)18-21-16-17-30(27(34)29-21)26-23(19-28)25(33)24(20-31)35-26/h16-17,23-26,31,33H,2-15,18,20H2,1H3/t23-,24+,25-,26+/m0/s1. The third-order valence-corrected chi connectivity index (χ3v) is 6.80. The fraction of sp³-hybridized carbons (Fsp3) is 0.778. The second-order valence-electron chi connectivity index (χ2n) is 9.71. The molecule has 0 unspecified atom stereocenters. The van der Waals surface area contributed by atoms with Gasteiger partial charge in [0.05, 0.1) is 18.4 Å². The van der Waals surface area contributed by atoms with E-state index in [1.165, 1.54) is 70.4 Å². The van der Waals surface area contributed by atoms with Gasteiger partial charge in [0.2, 0.25) is 0 Å². The van der Waals surface area contributed by atoms with Crippen LogP contribution in [-0.2, 0) is 16.0 Å². The summed E-state index contributed by atoms with van der Waals surface area (Å²) in [6.07, 6.45) is 15.2. The number of hydrogen-bond donors (Lipinski definition) is 2. The average Bonchev–Trinajstić information content (AvgIpc) is 3.17. The molecule has 0 aliphatic carbocycles. The zero-order valence-electron chi connectivity index (χ0n) is 21.2. The van der Waals surface area contributed by atoms with Crippen molar-refractivity contribution in [3.8, 4) is 6.07 Å². The Morgan fingerprint density at radius 1 is 1.06 bits per heavy atom. The summed E-state index contributed by atoms with van der Waals surface area (Å²) in [5, 5.41) is 28.7. The monoisotopic (exact) mass is 489 g/mol. The Kier molecular flexibility index (Phi) is 13.8. The van der Waals surface area contributed by atoms with E-state index in [9.17, 15) is 25.1 Å². The average molecular weight is 490 g/mol. The van der Waals surface area contributed by atoms with Gasteiger partial charge in [0.15, 0.2) is 6.23 Å². The molecule has 0 amide bonds. The predicted molar refractivity (Wildman–Crippen MR) is 134 cm³/mol. The fourth-order valence-corrected chi connectivity index (χ4v) is 4.64. The number of aliphatic hydroxyl groups is 2. The number of ketones is 1. The predicted octanol–water partition coefficient (Wildman–Crippen LogP) is 4.23. The van der Waals surface area contributed by atoms with Gasteiger partial charge in [-0.1, -0.05) is 84.0 Å². The van der Waals surface area contributed by atoms with Crippen molar-refractivity contribution in [2.75, 3.05) is 6.61 Å². The third-order valence-electron chi connectivity index (χ3n) is 6.80. The number of aliphatic hydroxyl groups excluding tert-OH is 2. The highest BCUT2D eigenvalue weighted by molar-refractivity contribution is 5.80. The molecule has 1 saturated heterocycles. The lowest BCUT2D eigenvalue weighted by atomic mass is 10.0. The number of Topliss-reactive ketones (excluding diaryl/α,β-unsaturated/α-hetero) is 1. The zero-order valence-corrected chi connectivity index (χ0v) is 21.2. The Labute approximate surface area is 209 Å².